The molecule has 2 aromatic heterocycles. The van der Waals surface area contributed by atoms with Gasteiger partial charge < -0.3 is 5.73 Å². The summed E-state index contributed by atoms with van der Waals surface area (Å²) < 4.78 is 26.6. The summed E-state index contributed by atoms with van der Waals surface area (Å²) in [5, 5.41) is 3.16. The molecule has 0 atom stereocenters. The van der Waals surface area contributed by atoms with Crippen LogP contribution in [-0.4, -0.2) is 9.97 Å². The lowest BCUT2D eigenvalue weighted by atomic mass is 10.2. The minimum atomic E-state index is -0.850. The molecule has 7 heteroatoms. The Morgan fingerprint density at radius 1 is 1.20 bits per heavy atom. The third kappa shape index (κ3) is 2.46. The normalized spacial score (nSPS) is 11.1. The van der Waals surface area contributed by atoms with Crippen molar-refractivity contribution in [2.24, 2.45) is 0 Å². The molecular formula is C13H9F2N3S2. The van der Waals surface area contributed by atoms with Gasteiger partial charge in [0.05, 0.1) is 5.39 Å². The fourth-order valence-electron chi connectivity index (χ4n) is 1.72. The highest BCUT2D eigenvalue weighted by atomic mass is 32.2. The van der Waals surface area contributed by atoms with Gasteiger partial charge in [0, 0.05) is 11.3 Å². The summed E-state index contributed by atoms with van der Waals surface area (Å²) in [5.41, 5.74) is 6.11. The van der Waals surface area contributed by atoms with Crippen molar-refractivity contribution < 1.29 is 8.78 Å². The number of rotatable bonds is 3. The van der Waals surface area contributed by atoms with Gasteiger partial charge in [-0.25, -0.2) is 18.7 Å². The Hall–Kier alpha value is -1.73. The van der Waals surface area contributed by atoms with E-state index in [9.17, 15) is 8.78 Å². The number of thioether (sulfide) groups is 1. The molecule has 3 aromatic rings. The molecule has 2 N–H and O–H groups in total. The van der Waals surface area contributed by atoms with Crippen LogP contribution >= 0.6 is 23.1 Å². The molecule has 0 amide bonds. The van der Waals surface area contributed by atoms with Gasteiger partial charge in [0.15, 0.2) is 16.8 Å². The number of benzene rings is 1. The van der Waals surface area contributed by atoms with Gasteiger partial charge in [-0.3, -0.25) is 0 Å². The Morgan fingerprint density at radius 2 is 2.05 bits per heavy atom. The number of hydrogen-bond donors (Lipinski definition) is 1. The summed E-state index contributed by atoms with van der Waals surface area (Å²) in [4.78, 5) is 9.29. The number of nitrogens with zero attached hydrogens (tertiary/aromatic N) is 2. The maximum atomic E-state index is 13.5. The Labute approximate surface area is 121 Å². The average Bonchev–Trinajstić information content (AvgIpc) is 2.89. The molecule has 0 aliphatic rings. The topological polar surface area (TPSA) is 51.8 Å². The van der Waals surface area contributed by atoms with Crippen LogP contribution in [0.5, 0.6) is 0 Å². The molecule has 0 saturated carbocycles. The van der Waals surface area contributed by atoms with Crippen molar-refractivity contribution in [1.82, 2.24) is 9.97 Å². The van der Waals surface area contributed by atoms with E-state index in [4.69, 9.17) is 5.73 Å². The van der Waals surface area contributed by atoms with Crippen molar-refractivity contribution in [3.8, 4) is 0 Å². The minimum Gasteiger partial charge on any atom is -0.383 e. The largest absolute Gasteiger partial charge is 0.383 e. The molecule has 0 aliphatic carbocycles. The molecule has 0 unspecified atom stereocenters. The Morgan fingerprint density at radius 3 is 2.90 bits per heavy atom. The van der Waals surface area contributed by atoms with Crippen LogP contribution in [0.15, 0.2) is 34.8 Å². The Balaban J connectivity index is 1.84. The number of fused-ring (bicyclic) bond motifs is 1. The van der Waals surface area contributed by atoms with Gasteiger partial charge in [0.2, 0.25) is 0 Å². The van der Waals surface area contributed by atoms with E-state index in [0.29, 0.717) is 11.0 Å². The molecule has 0 aliphatic heterocycles. The van der Waals surface area contributed by atoms with Gasteiger partial charge in [-0.1, -0.05) is 23.9 Å². The van der Waals surface area contributed by atoms with E-state index in [1.54, 1.807) is 6.07 Å². The van der Waals surface area contributed by atoms with Crippen molar-refractivity contribution in [2.75, 3.05) is 5.73 Å². The lowest BCUT2D eigenvalue weighted by molar-refractivity contribution is 0.502. The zero-order valence-electron chi connectivity index (χ0n) is 10.1. The van der Waals surface area contributed by atoms with Crippen LogP contribution in [0, 0.1) is 11.6 Å². The molecule has 0 bridgehead atoms. The van der Waals surface area contributed by atoms with Crippen molar-refractivity contribution in [1.29, 1.82) is 0 Å². The molecule has 0 saturated heterocycles. The lowest BCUT2D eigenvalue weighted by Crippen LogP contribution is -1.96. The third-order valence-corrected chi connectivity index (χ3v) is 4.43. The Bertz CT molecular complexity index is 773. The standard InChI is InChI=1S/C13H9F2N3S2/c14-9-3-1-2-7(10(9)15)6-20-13-17-11(16)8-4-5-19-12(8)18-13/h1-5H,6H2,(H2,16,17,18). The van der Waals surface area contributed by atoms with Gasteiger partial charge in [0.25, 0.3) is 0 Å². The first-order chi connectivity index (χ1) is 9.65. The van der Waals surface area contributed by atoms with Crippen LogP contribution in [0.1, 0.15) is 5.56 Å². The second kappa shape index (κ2) is 5.34. The number of nitrogens with two attached hydrogens (primary N) is 1. The third-order valence-electron chi connectivity index (χ3n) is 2.72. The maximum Gasteiger partial charge on any atom is 0.191 e. The second-order valence-corrected chi connectivity index (χ2v) is 5.87. The van der Waals surface area contributed by atoms with Crippen LogP contribution in [0.2, 0.25) is 0 Å². The van der Waals surface area contributed by atoms with Gasteiger partial charge >= 0.3 is 0 Å². The summed E-state index contributed by atoms with van der Waals surface area (Å²) in [7, 11) is 0. The molecule has 0 radical (unpaired) electrons. The first-order valence-corrected chi connectivity index (χ1v) is 7.58. The van der Waals surface area contributed by atoms with Crippen molar-refractivity contribution in [2.45, 2.75) is 10.9 Å². The first kappa shape index (κ1) is 13.3. The number of aromatic nitrogens is 2. The summed E-state index contributed by atoms with van der Waals surface area (Å²) in [6.45, 7) is 0. The van der Waals surface area contributed by atoms with Crippen LogP contribution < -0.4 is 5.73 Å². The monoisotopic (exact) mass is 309 g/mol. The fourth-order valence-corrected chi connectivity index (χ4v) is 3.38. The molecule has 0 fully saturated rings. The van der Waals surface area contributed by atoms with E-state index >= 15 is 0 Å². The van der Waals surface area contributed by atoms with E-state index in [1.807, 2.05) is 11.4 Å². The number of anilines is 1. The Kier molecular flexibility index (Phi) is 3.54. The van der Waals surface area contributed by atoms with E-state index in [1.165, 1.54) is 29.2 Å². The van der Waals surface area contributed by atoms with E-state index < -0.39 is 11.6 Å². The highest BCUT2D eigenvalue weighted by Crippen LogP contribution is 2.28. The molecule has 20 heavy (non-hydrogen) atoms. The van der Waals surface area contributed by atoms with Gasteiger partial charge in [-0.15, -0.1) is 11.3 Å². The SMILES string of the molecule is Nc1nc(SCc2cccc(F)c2F)nc2sccc12. The van der Waals surface area contributed by atoms with Gasteiger partial charge in [-0.05, 0) is 17.5 Å². The molecular weight excluding hydrogens is 300 g/mol. The number of nitrogen functional groups attached to an aromatic ring is 1. The fraction of sp³-hybridized carbons (Fsp3) is 0.0769. The highest BCUT2D eigenvalue weighted by Gasteiger charge is 2.10. The summed E-state index contributed by atoms with van der Waals surface area (Å²) in [6, 6.07) is 5.97. The van der Waals surface area contributed by atoms with Crippen LogP contribution in [-0.2, 0) is 5.75 Å². The summed E-state index contributed by atoms with van der Waals surface area (Å²) in [5.74, 6) is -1.03. The maximum absolute atomic E-state index is 13.5. The van der Waals surface area contributed by atoms with Gasteiger partial charge in [0.1, 0.15) is 10.6 Å². The van der Waals surface area contributed by atoms with Crippen LogP contribution in [0.4, 0.5) is 14.6 Å². The summed E-state index contributed by atoms with van der Waals surface area (Å²) >= 11 is 2.69. The zero-order valence-corrected chi connectivity index (χ0v) is 11.8. The average molecular weight is 309 g/mol. The highest BCUT2D eigenvalue weighted by molar-refractivity contribution is 7.98. The number of hydrogen-bond acceptors (Lipinski definition) is 5. The minimum absolute atomic E-state index is 0.250. The quantitative estimate of drug-likeness (QED) is 0.590. The molecule has 3 rings (SSSR count). The predicted octanol–water partition coefficient (Wildman–Crippen LogP) is 3.84. The molecule has 2 heterocycles. The van der Waals surface area contributed by atoms with Crippen molar-refractivity contribution >= 4 is 39.1 Å². The lowest BCUT2D eigenvalue weighted by Gasteiger charge is -2.04. The van der Waals surface area contributed by atoms with E-state index in [0.717, 1.165) is 16.3 Å². The molecule has 3 nitrogen and oxygen atoms in total. The molecule has 1 aromatic carbocycles. The smallest absolute Gasteiger partial charge is 0.191 e. The van der Waals surface area contributed by atoms with E-state index in [-0.39, 0.29) is 11.3 Å². The number of thiophene rings is 1. The first-order valence-electron chi connectivity index (χ1n) is 5.71. The zero-order chi connectivity index (χ0) is 14.1. The molecule has 102 valence electrons. The predicted molar refractivity (Wildman–Crippen MR) is 77.7 cm³/mol. The second-order valence-electron chi connectivity index (χ2n) is 4.03. The number of halogens is 2. The summed E-state index contributed by atoms with van der Waals surface area (Å²) in [6.07, 6.45) is 0. The van der Waals surface area contributed by atoms with Crippen molar-refractivity contribution in [3.05, 3.63) is 46.8 Å². The van der Waals surface area contributed by atoms with Crippen LogP contribution in [0.25, 0.3) is 10.2 Å². The molecule has 0 spiro atoms. The van der Waals surface area contributed by atoms with E-state index in [2.05, 4.69) is 9.97 Å². The van der Waals surface area contributed by atoms with Crippen molar-refractivity contribution in [3.63, 3.8) is 0 Å². The van der Waals surface area contributed by atoms with Gasteiger partial charge in [-0.2, -0.15) is 0 Å². The van der Waals surface area contributed by atoms with Crippen LogP contribution in [0.3, 0.4) is 0 Å².